The smallest absolute Gasteiger partial charge is 0.0326 e. The van der Waals surface area contributed by atoms with Crippen molar-refractivity contribution in [2.75, 3.05) is 6.54 Å². The van der Waals surface area contributed by atoms with Gasteiger partial charge in [0, 0.05) is 10.5 Å². The van der Waals surface area contributed by atoms with E-state index in [9.17, 15) is 0 Å². The molecular weight excluding hydrogens is 298 g/mol. The van der Waals surface area contributed by atoms with Crippen LogP contribution in [0, 0.1) is 0 Å². The van der Waals surface area contributed by atoms with Gasteiger partial charge >= 0.3 is 0 Å². The van der Waals surface area contributed by atoms with Crippen molar-refractivity contribution in [1.29, 1.82) is 0 Å². The topological polar surface area (TPSA) is 12.0 Å². The second kappa shape index (κ2) is 5.48. The van der Waals surface area contributed by atoms with Crippen molar-refractivity contribution in [2.24, 2.45) is 0 Å². The second-order valence-corrected chi connectivity index (χ2v) is 5.95. The van der Waals surface area contributed by atoms with Crippen molar-refractivity contribution in [1.82, 2.24) is 5.32 Å². The van der Waals surface area contributed by atoms with Crippen molar-refractivity contribution < 1.29 is 0 Å². The van der Waals surface area contributed by atoms with Crippen LogP contribution in [0.5, 0.6) is 0 Å². The maximum atomic E-state index is 3.58. The van der Waals surface area contributed by atoms with E-state index in [2.05, 4.69) is 70.6 Å². The molecule has 0 saturated heterocycles. The number of hydrogen-bond donors (Lipinski definition) is 1. The lowest BCUT2D eigenvalue weighted by molar-refractivity contribution is 0.549. The molecule has 1 N–H and O–H groups in total. The molecule has 2 aromatic carbocycles. The van der Waals surface area contributed by atoms with Gasteiger partial charge in [-0.15, -0.1) is 0 Å². The van der Waals surface area contributed by atoms with Gasteiger partial charge < -0.3 is 5.32 Å². The van der Waals surface area contributed by atoms with Gasteiger partial charge in [-0.05, 0) is 53.8 Å². The van der Waals surface area contributed by atoms with Gasteiger partial charge in [0.05, 0.1) is 0 Å². The van der Waals surface area contributed by atoms with Crippen molar-refractivity contribution in [3.63, 3.8) is 0 Å². The Hall–Kier alpha value is -1.12. The maximum Gasteiger partial charge on any atom is 0.0326 e. The van der Waals surface area contributed by atoms with Crippen LogP contribution in [-0.4, -0.2) is 6.54 Å². The number of nitrogens with one attached hydrogen (secondary N) is 1. The fourth-order valence-corrected chi connectivity index (χ4v) is 3.44. The summed E-state index contributed by atoms with van der Waals surface area (Å²) in [7, 11) is 0. The summed E-state index contributed by atoms with van der Waals surface area (Å²) >= 11 is 3.56. The molecule has 0 amide bonds. The zero-order valence-corrected chi connectivity index (χ0v) is 12.7. The summed E-state index contributed by atoms with van der Waals surface area (Å²) in [5, 5.41) is 3.58. The SMILES string of the molecule is CCNC1CCc2c(-c3cccc(Br)c3)cccc21. The molecule has 0 fully saturated rings. The Morgan fingerprint density at radius 2 is 2.05 bits per heavy atom. The van der Waals surface area contributed by atoms with Gasteiger partial charge in [0.15, 0.2) is 0 Å². The lowest BCUT2D eigenvalue weighted by atomic mass is 9.96. The zero-order valence-electron chi connectivity index (χ0n) is 11.1. The average Bonchev–Trinajstić information content (AvgIpc) is 2.83. The Bertz CT molecular complexity index is 592. The van der Waals surface area contributed by atoms with E-state index in [1.165, 1.54) is 35.1 Å². The summed E-state index contributed by atoms with van der Waals surface area (Å²) in [5.74, 6) is 0. The highest BCUT2D eigenvalue weighted by Gasteiger charge is 2.23. The van der Waals surface area contributed by atoms with Crippen molar-refractivity contribution in [3.8, 4) is 11.1 Å². The first-order chi connectivity index (χ1) is 9.29. The Morgan fingerprint density at radius 1 is 1.21 bits per heavy atom. The Morgan fingerprint density at radius 3 is 2.84 bits per heavy atom. The number of hydrogen-bond acceptors (Lipinski definition) is 1. The summed E-state index contributed by atoms with van der Waals surface area (Å²) in [5.41, 5.74) is 5.70. The molecule has 98 valence electrons. The molecule has 0 radical (unpaired) electrons. The number of benzene rings is 2. The normalized spacial score (nSPS) is 17.5. The molecule has 0 bridgehead atoms. The molecule has 1 aliphatic carbocycles. The van der Waals surface area contributed by atoms with Crippen LogP contribution in [-0.2, 0) is 6.42 Å². The number of rotatable bonds is 3. The van der Waals surface area contributed by atoms with Gasteiger partial charge in [0.25, 0.3) is 0 Å². The van der Waals surface area contributed by atoms with Gasteiger partial charge in [0.2, 0.25) is 0 Å². The van der Waals surface area contributed by atoms with Gasteiger partial charge in [-0.3, -0.25) is 0 Å². The Kier molecular flexibility index (Phi) is 3.72. The molecule has 0 heterocycles. The van der Waals surface area contributed by atoms with Crippen molar-refractivity contribution in [3.05, 3.63) is 58.1 Å². The molecule has 19 heavy (non-hydrogen) atoms. The molecule has 0 saturated carbocycles. The van der Waals surface area contributed by atoms with Crippen molar-refractivity contribution >= 4 is 15.9 Å². The van der Waals surface area contributed by atoms with Crippen LogP contribution in [0.2, 0.25) is 0 Å². The van der Waals surface area contributed by atoms with Crippen molar-refractivity contribution in [2.45, 2.75) is 25.8 Å². The zero-order chi connectivity index (χ0) is 13.2. The lowest BCUT2D eigenvalue weighted by Crippen LogP contribution is -2.18. The molecule has 0 spiro atoms. The molecule has 1 nitrogen and oxygen atoms in total. The van der Waals surface area contributed by atoms with E-state index in [0.717, 1.165) is 11.0 Å². The highest BCUT2D eigenvalue weighted by molar-refractivity contribution is 9.10. The van der Waals surface area contributed by atoms with Crippen LogP contribution in [0.1, 0.15) is 30.5 Å². The molecule has 2 heteroatoms. The van der Waals surface area contributed by atoms with Crippen LogP contribution in [0.15, 0.2) is 46.9 Å². The third-order valence-electron chi connectivity index (χ3n) is 3.86. The van der Waals surface area contributed by atoms with E-state index in [1.807, 2.05) is 0 Å². The molecule has 0 aliphatic heterocycles. The summed E-state index contributed by atoms with van der Waals surface area (Å²) in [6.45, 7) is 3.21. The molecule has 1 atom stereocenters. The third kappa shape index (κ3) is 2.47. The summed E-state index contributed by atoms with van der Waals surface area (Å²) < 4.78 is 1.14. The maximum absolute atomic E-state index is 3.58. The molecule has 3 rings (SSSR count). The van der Waals surface area contributed by atoms with Crippen LogP contribution in [0.25, 0.3) is 11.1 Å². The summed E-state index contributed by atoms with van der Waals surface area (Å²) in [4.78, 5) is 0. The Balaban J connectivity index is 2.05. The summed E-state index contributed by atoms with van der Waals surface area (Å²) in [6, 6.07) is 15.8. The fraction of sp³-hybridized carbons (Fsp3) is 0.294. The number of fused-ring (bicyclic) bond motifs is 1. The quantitative estimate of drug-likeness (QED) is 0.864. The minimum atomic E-state index is 0.534. The third-order valence-corrected chi connectivity index (χ3v) is 4.35. The predicted molar refractivity (Wildman–Crippen MR) is 84.3 cm³/mol. The van der Waals surface area contributed by atoms with Crippen LogP contribution in [0.4, 0.5) is 0 Å². The average molecular weight is 316 g/mol. The monoisotopic (exact) mass is 315 g/mol. The number of halogens is 1. The molecule has 1 aliphatic rings. The lowest BCUT2D eigenvalue weighted by Gasteiger charge is -2.14. The predicted octanol–water partition coefficient (Wildman–Crippen LogP) is 4.71. The first-order valence-corrected chi connectivity index (χ1v) is 7.70. The van der Waals surface area contributed by atoms with E-state index in [4.69, 9.17) is 0 Å². The first-order valence-electron chi connectivity index (χ1n) is 6.90. The Labute approximate surface area is 123 Å². The van der Waals surface area contributed by atoms with Gasteiger partial charge in [-0.1, -0.05) is 53.2 Å². The van der Waals surface area contributed by atoms with Gasteiger partial charge in [0.1, 0.15) is 0 Å². The van der Waals surface area contributed by atoms with Crippen LogP contribution >= 0.6 is 15.9 Å². The van der Waals surface area contributed by atoms with Crippen LogP contribution < -0.4 is 5.32 Å². The largest absolute Gasteiger partial charge is 0.310 e. The van der Waals surface area contributed by atoms with E-state index in [1.54, 1.807) is 0 Å². The highest BCUT2D eigenvalue weighted by atomic mass is 79.9. The van der Waals surface area contributed by atoms with E-state index in [0.29, 0.717) is 6.04 Å². The molecule has 0 aromatic heterocycles. The minimum Gasteiger partial charge on any atom is -0.310 e. The first kappa shape index (κ1) is 12.9. The van der Waals surface area contributed by atoms with E-state index < -0.39 is 0 Å². The van der Waals surface area contributed by atoms with Crippen LogP contribution in [0.3, 0.4) is 0 Å². The second-order valence-electron chi connectivity index (χ2n) is 5.03. The van der Waals surface area contributed by atoms with Gasteiger partial charge in [-0.25, -0.2) is 0 Å². The van der Waals surface area contributed by atoms with E-state index >= 15 is 0 Å². The highest BCUT2D eigenvalue weighted by Crippen LogP contribution is 2.38. The van der Waals surface area contributed by atoms with Gasteiger partial charge in [-0.2, -0.15) is 0 Å². The fourth-order valence-electron chi connectivity index (χ4n) is 3.04. The molecular formula is C17H18BrN. The summed E-state index contributed by atoms with van der Waals surface area (Å²) in [6.07, 6.45) is 2.39. The molecule has 1 unspecified atom stereocenters. The minimum absolute atomic E-state index is 0.534. The standard InChI is InChI=1S/C17H18BrN/c1-2-19-17-10-9-15-14(7-4-8-16(15)17)12-5-3-6-13(18)11-12/h3-8,11,17,19H,2,9-10H2,1H3. The molecule has 2 aromatic rings. The van der Waals surface area contributed by atoms with E-state index in [-0.39, 0.29) is 0 Å².